The van der Waals surface area contributed by atoms with Gasteiger partial charge in [0.25, 0.3) is 0 Å². The second kappa shape index (κ2) is 7.78. The molecule has 0 aromatic carbocycles. The van der Waals surface area contributed by atoms with Crippen molar-refractivity contribution in [3.63, 3.8) is 0 Å². The average Bonchev–Trinajstić information content (AvgIpc) is 2.53. The van der Waals surface area contributed by atoms with E-state index in [1.54, 1.807) is 13.3 Å². The predicted octanol–water partition coefficient (Wildman–Crippen LogP) is 3.08. The Balaban J connectivity index is 2.05. The molecule has 0 spiro atoms. The van der Waals surface area contributed by atoms with Gasteiger partial charge in [-0.1, -0.05) is 6.92 Å². The van der Waals surface area contributed by atoms with Gasteiger partial charge in [0.2, 0.25) is 5.88 Å². The normalized spacial score (nSPS) is 10.2. The van der Waals surface area contributed by atoms with Crippen LogP contribution >= 0.6 is 15.9 Å². The smallest absolute Gasteiger partial charge is 0.213 e. The van der Waals surface area contributed by atoms with E-state index in [4.69, 9.17) is 4.74 Å². The lowest BCUT2D eigenvalue weighted by atomic mass is 10.2. The molecule has 0 amide bonds. The van der Waals surface area contributed by atoms with Gasteiger partial charge in [0.05, 0.1) is 7.11 Å². The van der Waals surface area contributed by atoms with Crippen LogP contribution in [0.25, 0.3) is 0 Å². The summed E-state index contributed by atoms with van der Waals surface area (Å²) >= 11 is 3.53. The fourth-order valence-corrected chi connectivity index (χ4v) is 2.20. The maximum atomic E-state index is 5.11. The van der Waals surface area contributed by atoms with Crippen LogP contribution in [0.1, 0.15) is 18.9 Å². The number of nitrogens with zero attached hydrogens (tertiary/aromatic N) is 3. The maximum absolute atomic E-state index is 5.11. The van der Waals surface area contributed by atoms with Crippen LogP contribution in [0.3, 0.4) is 0 Å². The SMILES string of the molecule is CCCNc1ncnc(NCc2ccnc(OC)c2)c1Br. The number of hydrogen-bond donors (Lipinski definition) is 2. The summed E-state index contributed by atoms with van der Waals surface area (Å²) < 4.78 is 5.94. The van der Waals surface area contributed by atoms with Crippen molar-refractivity contribution < 1.29 is 4.74 Å². The minimum Gasteiger partial charge on any atom is -0.481 e. The Morgan fingerprint density at radius 3 is 2.67 bits per heavy atom. The average molecular weight is 352 g/mol. The summed E-state index contributed by atoms with van der Waals surface area (Å²) in [5.74, 6) is 2.14. The fourth-order valence-electron chi connectivity index (χ4n) is 1.72. The van der Waals surface area contributed by atoms with Crippen molar-refractivity contribution >= 4 is 27.6 Å². The van der Waals surface area contributed by atoms with Crippen molar-refractivity contribution in [3.8, 4) is 5.88 Å². The Kier molecular flexibility index (Phi) is 5.74. The van der Waals surface area contributed by atoms with Gasteiger partial charge in [0.1, 0.15) is 22.4 Å². The molecule has 2 N–H and O–H groups in total. The molecule has 0 bridgehead atoms. The number of nitrogens with one attached hydrogen (secondary N) is 2. The first kappa shape index (κ1) is 15.5. The molecule has 2 aromatic rings. The van der Waals surface area contributed by atoms with Gasteiger partial charge in [-0.2, -0.15) is 0 Å². The molecule has 112 valence electrons. The van der Waals surface area contributed by atoms with Gasteiger partial charge in [-0.15, -0.1) is 0 Å². The molecule has 7 heteroatoms. The molecule has 0 aliphatic heterocycles. The second-order valence-corrected chi connectivity index (χ2v) is 5.16. The Hall–Kier alpha value is -1.89. The van der Waals surface area contributed by atoms with E-state index in [9.17, 15) is 0 Å². The minimum atomic E-state index is 0.598. The van der Waals surface area contributed by atoms with E-state index >= 15 is 0 Å². The topological polar surface area (TPSA) is 72.0 Å². The van der Waals surface area contributed by atoms with Crippen LogP contribution in [0.4, 0.5) is 11.6 Å². The summed E-state index contributed by atoms with van der Waals surface area (Å²) in [6.07, 6.45) is 4.30. The van der Waals surface area contributed by atoms with Gasteiger partial charge in [0.15, 0.2) is 0 Å². The molecule has 0 radical (unpaired) electrons. The zero-order chi connectivity index (χ0) is 15.1. The van der Waals surface area contributed by atoms with Gasteiger partial charge in [0, 0.05) is 25.4 Å². The molecule has 2 heterocycles. The summed E-state index contributed by atoms with van der Waals surface area (Å²) in [6.45, 7) is 3.61. The van der Waals surface area contributed by atoms with Crippen molar-refractivity contribution in [1.82, 2.24) is 15.0 Å². The molecular formula is C14H18BrN5O. The van der Waals surface area contributed by atoms with E-state index in [0.29, 0.717) is 12.4 Å². The number of ether oxygens (including phenoxy) is 1. The molecule has 0 aliphatic rings. The molecule has 0 saturated heterocycles. The molecule has 0 saturated carbocycles. The van der Waals surface area contributed by atoms with Gasteiger partial charge in [-0.25, -0.2) is 15.0 Å². The summed E-state index contributed by atoms with van der Waals surface area (Å²) in [5.41, 5.74) is 1.07. The summed E-state index contributed by atoms with van der Waals surface area (Å²) in [6, 6.07) is 3.82. The van der Waals surface area contributed by atoms with E-state index in [-0.39, 0.29) is 0 Å². The fraction of sp³-hybridized carbons (Fsp3) is 0.357. The van der Waals surface area contributed by atoms with E-state index in [1.807, 2.05) is 12.1 Å². The van der Waals surface area contributed by atoms with Crippen molar-refractivity contribution in [1.29, 1.82) is 0 Å². The van der Waals surface area contributed by atoms with E-state index in [0.717, 1.165) is 34.6 Å². The lowest BCUT2D eigenvalue weighted by Crippen LogP contribution is -2.07. The molecular weight excluding hydrogens is 334 g/mol. The van der Waals surface area contributed by atoms with Crippen molar-refractivity contribution in [2.45, 2.75) is 19.9 Å². The Bertz CT molecular complexity index is 593. The van der Waals surface area contributed by atoms with Crippen LogP contribution in [0.2, 0.25) is 0 Å². The van der Waals surface area contributed by atoms with Crippen LogP contribution in [-0.4, -0.2) is 28.6 Å². The Morgan fingerprint density at radius 1 is 1.19 bits per heavy atom. The third-order valence-electron chi connectivity index (χ3n) is 2.80. The van der Waals surface area contributed by atoms with Gasteiger partial charge in [-0.05, 0) is 34.0 Å². The first-order chi connectivity index (χ1) is 10.2. The van der Waals surface area contributed by atoms with E-state index < -0.39 is 0 Å². The second-order valence-electron chi connectivity index (χ2n) is 4.37. The minimum absolute atomic E-state index is 0.598. The van der Waals surface area contributed by atoms with Gasteiger partial charge in [-0.3, -0.25) is 0 Å². The number of rotatable bonds is 7. The number of anilines is 2. The summed E-state index contributed by atoms with van der Waals surface area (Å²) in [5, 5.41) is 6.53. The van der Waals surface area contributed by atoms with Gasteiger partial charge < -0.3 is 15.4 Å². The molecule has 21 heavy (non-hydrogen) atoms. The third kappa shape index (κ3) is 4.29. The number of hydrogen-bond acceptors (Lipinski definition) is 6. The Morgan fingerprint density at radius 2 is 1.95 bits per heavy atom. The highest BCUT2D eigenvalue weighted by atomic mass is 79.9. The molecule has 2 aromatic heterocycles. The van der Waals surface area contributed by atoms with Crippen LogP contribution in [0, 0.1) is 0 Å². The van der Waals surface area contributed by atoms with Gasteiger partial charge >= 0.3 is 0 Å². The quantitative estimate of drug-likeness (QED) is 0.798. The first-order valence-corrected chi connectivity index (χ1v) is 7.51. The highest BCUT2D eigenvalue weighted by Crippen LogP contribution is 2.26. The Labute approximate surface area is 132 Å². The zero-order valence-corrected chi connectivity index (χ0v) is 13.6. The molecule has 0 atom stereocenters. The number of pyridine rings is 1. The first-order valence-electron chi connectivity index (χ1n) is 6.71. The highest BCUT2D eigenvalue weighted by Gasteiger charge is 2.08. The largest absolute Gasteiger partial charge is 0.481 e. The molecule has 2 rings (SSSR count). The molecule has 6 nitrogen and oxygen atoms in total. The summed E-state index contributed by atoms with van der Waals surface area (Å²) in [4.78, 5) is 12.6. The number of methoxy groups -OCH3 is 1. The van der Waals surface area contributed by atoms with Crippen LogP contribution in [0.5, 0.6) is 5.88 Å². The number of aromatic nitrogens is 3. The van der Waals surface area contributed by atoms with E-state index in [2.05, 4.69) is 48.4 Å². The monoisotopic (exact) mass is 351 g/mol. The standard InChI is InChI=1S/C14H18BrN5O/c1-3-5-17-13-12(15)14(20-9-19-13)18-8-10-4-6-16-11(7-10)21-2/h4,6-7,9H,3,5,8H2,1-2H3,(H2,17,18,19,20). The van der Waals surface area contributed by atoms with Crippen LogP contribution in [0.15, 0.2) is 29.1 Å². The molecule has 0 unspecified atom stereocenters. The lowest BCUT2D eigenvalue weighted by Gasteiger charge is -2.11. The number of halogens is 1. The lowest BCUT2D eigenvalue weighted by molar-refractivity contribution is 0.397. The summed E-state index contributed by atoms with van der Waals surface area (Å²) in [7, 11) is 1.60. The highest BCUT2D eigenvalue weighted by molar-refractivity contribution is 9.10. The molecule has 0 fully saturated rings. The van der Waals surface area contributed by atoms with Crippen molar-refractivity contribution in [2.24, 2.45) is 0 Å². The van der Waals surface area contributed by atoms with Crippen molar-refractivity contribution in [3.05, 3.63) is 34.7 Å². The maximum Gasteiger partial charge on any atom is 0.213 e. The third-order valence-corrected chi connectivity index (χ3v) is 3.55. The predicted molar refractivity (Wildman–Crippen MR) is 86.6 cm³/mol. The van der Waals surface area contributed by atoms with Crippen LogP contribution in [-0.2, 0) is 6.54 Å². The molecule has 0 aliphatic carbocycles. The zero-order valence-electron chi connectivity index (χ0n) is 12.1. The van der Waals surface area contributed by atoms with Crippen molar-refractivity contribution in [2.75, 3.05) is 24.3 Å². The van der Waals surface area contributed by atoms with Crippen LogP contribution < -0.4 is 15.4 Å². The van der Waals surface area contributed by atoms with E-state index in [1.165, 1.54) is 6.33 Å².